The second kappa shape index (κ2) is 6.19. The van der Waals surface area contributed by atoms with E-state index in [1.807, 2.05) is 4.90 Å². The van der Waals surface area contributed by atoms with Gasteiger partial charge in [-0.05, 0) is 43.6 Å². The Labute approximate surface area is 136 Å². The summed E-state index contributed by atoms with van der Waals surface area (Å²) in [6.07, 6.45) is 9.12. The molecule has 2 atom stereocenters. The highest BCUT2D eigenvalue weighted by atomic mass is 19.1. The van der Waals surface area contributed by atoms with Crippen LogP contribution in [0.15, 0.2) is 18.5 Å². The van der Waals surface area contributed by atoms with Gasteiger partial charge in [0.25, 0.3) is 5.91 Å². The number of halogens is 1. The topological polar surface area (TPSA) is 36.4 Å². The molecule has 3 saturated heterocycles. The van der Waals surface area contributed by atoms with Crippen LogP contribution >= 0.6 is 0 Å². The minimum atomic E-state index is -0.444. The summed E-state index contributed by atoms with van der Waals surface area (Å²) >= 11 is 0. The molecule has 2 bridgehead atoms. The number of fused-ring (bicyclic) bond motifs is 4. The molecular formula is C18H24FN3O. The van der Waals surface area contributed by atoms with Gasteiger partial charge in [-0.1, -0.05) is 6.42 Å². The fourth-order valence-electron chi connectivity index (χ4n) is 4.29. The number of hydrogen-bond acceptors (Lipinski definition) is 3. The molecular weight excluding hydrogens is 293 g/mol. The minimum Gasteiger partial charge on any atom is -0.337 e. The molecule has 1 aromatic heterocycles. The summed E-state index contributed by atoms with van der Waals surface area (Å²) in [4.78, 5) is 21.1. The number of piperidine rings is 1. The maximum absolute atomic E-state index is 13.4. The molecule has 5 heteroatoms. The van der Waals surface area contributed by atoms with E-state index in [2.05, 4.69) is 9.88 Å². The number of nitrogens with zero attached hydrogens (tertiary/aromatic N) is 3. The largest absolute Gasteiger partial charge is 0.337 e. The Kier molecular flexibility index (Phi) is 4.05. The third kappa shape index (κ3) is 3.11. The van der Waals surface area contributed by atoms with Gasteiger partial charge >= 0.3 is 0 Å². The van der Waals surface area contributed by atoms with E-state index >= 15 is 0 Å². The van der Waals surface area contributed by atoms with E-state index in [9.17, 15) is 9.18 Å². The normalized spacial score (nSPS) is 28.5. The maximum Gasteiger partial charge on any atom is 0.255 e. The van der Waals surface area contributed by atoms with E-state index in [0.29, 0.717) is 17.5 Å². The molecule has 4 fully saturated rings. The van der Waals surface area contributed by atoms with Gasteiger partial charge in [-0.3, -0.25) is 14.7 Å². The summed E-state index contributed by atoms with van der Waals surface area (Å²) in [6.45, 7) is 3.89. The third-order valence-electron chi connectivity index (χ3n) is 5.78. The molecule has 0 spiro atoms. The van der Waals surface area contributed by atoms with Crippen LogP contribution in [-0.2, 0) is 0 Å². The molecule has 1 aliphatic carbocycles. The first kappa shape index (κ1) is 15.1. The Morgan fingerprint density at radius 3 is 2.78 bits per heavy atom. The number of amides is 1. The van der Waals surface area contributed by atoms with Gasteiger partial charge in [0, 0.05) is 38.4 Å². The van der Waals surface area contributed by atoms with Gasteiger partial charge in [0.15, 0.2) is 0 Å². The molecule has 124 valence electrons. The molecule has 0 N–H and O–H groups in total. The number of carbonyl (C=O) groups is 1. The lowest BCUT2D eigenvalue weighted by Crippen LogP contribution is -2.47. The van der Waals surface area contributed by atoms with Crippen LogP contribution in [0.4, 0.5) is 4.39 Å². The highest BCUT2D eigenvalue weighted by molar-refractivity contribution is 5.94. The average molecular weight is 317 g/mol. The molecule has 23 heavy (non-hydrogen) atoms. The van der Waals surface area contributed by atoms with Crippen LogP contribution in [0.1, 0.15) is 42.5 Å². The van der Waals surface area contributed by atoms with Crippen molar-refractivity contribution in [3.8, 4) is 0 Å². The lowest BCUT2D eigenvalue weighted by Gasteiger charge is -2.40. The van der Waals surface area contributed by atoms with Gasteiger partial charge in [0.1, 0.15) is 5.82 Å². The van der Waals surface area contributed by atoms with Crippen molar-refractivity contribution in [2.24, 2.45) is 11.8 Å². The van der Waals surface area contributed by atoms with E-state index in [0.717, 1.165) is 31.7 Å². The van der Waals surface area contributed by atoms with E-state index in [1.165, 1.54) is 50.9 Å². The zero-order valence-corrected chi connectivity index (χ0v) is 13.5. The maximum atomic E-state index is 13.4. The molecule has 1 amide bonds. The Morgan fingerprint density at radius 2 is 2.04 bits per heavy atom. The summed E-state index contributed by atoms with van der Waals surface area (Å²) < 4.78 is 13.4. The van der Waals surface area contributed by atoms with Crippen molar-refractivity contribution in [1.82, 2.24) is 14.8 Å². The Balaban J connectivity index is 1.47. The Morgan fingerprint density at radius 1 is 1.17 bits per heavy atom. The molecule has 5 rings (SSSR count). The fraction of sp³-hybridized carbons (Fsp3) is 0.667. The number of carbonyl (C=O) groups excluding carboxylic acids is 1. The predicted molar refractivity (Wildman–Crippen MR) is 85.5 cm³/mol. The standard InChI is InChI=1S/C18H24FN3O/c19-16-6-15(7-20-8-16)18(23)22-11-14-4-5-17(12-22)21(10-14)9-13-2-1-3-13/h6-8,13-14,17H,1-5,9-12H2/t14-,17-/m1/s1. The zero-order valence-electron chi connectivity index (χ0n) is 13.5. The second-order valence-electron chi connectivity index (χ2n) is 7.45. The fourth-order valence-corrected chi connectivity index (χ4v) is 4.29. The van der Waals surface area contributed by atoms with Gasteiger partial charge in [-0.2, -0.15) is 0 Å². The predicted octanol–water partition coefficient (Wildman–Crippen LogP) is 2.56. The van der Waals surface area contributed by atoms with Crippen LogP contribution in [0.3, 0.4) is 0 Å². The molecule has 4 nitrogen and oxygen atoms in total. The molecule has 3 aliphatic heterocycles. The number of pyridine rings is 1. The first-order valence-corrected chi connectivity index (χ1v) is 8.83. The van der Waals surface area contributed by atoms with Crippen LogP contribution in [-0.4, -0.2) is 52.9 Å². The van der Waals surface area contributed by atoms with Gasteiger partial charge in [-0.15, -0.1) is 0 Å². The van der Waals surface area contributed by atoms with Gasteiger partial charge in [0.2, 0.25) is 0 Å². The quantitative estimate of drug-likeness (QED) is 0.860. The summed E-state index contributed by atoms with van der Waals surface area (Å²) in [5.41, 5.74) is 0.372. The summed E-state index contributed by atoms with van der Waals surface area (Å²) in [6, 6.07) is 1.77. The highest BCUT2D eigenvalue weighted by Gasteiger charge is 2.37. The Bertz CT molecular complexity index is 589. The van der Waals surface area contributed by atoms with Gasteiger partial charge in [-0.25, -0.2) is 4.39 Å². The van der Waals surface area contributed by atoms with Crippen molar-refractivity contribution in [1.29, 1.82) is 0 Å². The number of rotatable bonds is 3. The molecule has 0 radical (unpaired) electrons. The first-order chi connectivity index (χ1) is 11.2. The molecule has 1 aromatic rings. The number of aromatic nitrogens is 1. The van der Waals surface area contributed by atoms with Crippen molar-refractivity contribution in [3.63, 3.8) is 0 Å². The SMILES string of the molecule is O=C(c1cncc(F)c1)N1C[C@@H]2CC[C@H](C1)N(CC1CCC1)C2. The van der Waals surface area contributed by atoms with Crippen molar-refractivity contribution in [2.75, 3.05) is 26.2 Å². The lowest BCUT2D eigenvalue weighted by molar-refractivity contribution is 0.0716. The summed E-state index contributed by atoms with van der Waals surface area (Å²) in [7, 11) is 0. The molecule has 4 aliphatic rings. The van der Waals surface area contributed by atoms with E-state index < -0.39 is 5.82 Å². The van der Waals surface area contributed by atoms with Crippen molar-refractivity contribution >= 4 is 5.91 Å². The summed E-state index contributed by atoms with van der Waals surface area (Å²) in [5, 5.41) is 0. The minimum absolute atomic E-state index is 0.0700. The monoisotopic (exact) mass is 317 g/mol. The van der Waals surface area contributed by atoms with Crippen LogP contribution < -0.4 is 0 Å². The molecule has 0 aromatic carbocycles. The molecule has 0 unspecified atom stereocenters. The van der Waals surface area contributed by atoms with E-state index in [1.54, 1.807) is 0 Å². The van der Waals surface area contributed by atoms with Gasteiger partial charge < -0.3 is 4.90 Å². The first-order valence-electron chi connectivity index (χ1n) is 8.83. The smallest absolute Gasteiger partial charge is 0.255 e. The van der Waals surface area contributed by atoms with Crippen molar-refractivity contribution in [2.45, 2.75) is 38.1 Å². The Hall–Kier alpha value is -1.49. The van der Waals surface area contributed by atoms with Crippen molar-refractivity contribution in [3.05, 3.63) is 29.8 Å². The van der Waals surface area contributed by atoms with Crippen LogP contribution in [0.25, 0.3) is 0 Å². The van der Waals surface area contributed by atoms with Gasteiger partial charge in [0.05, 0.1) is 11.8 Å². The molecule has 4 heterocycles. The number of hydrogen-bond donors (Lipinski definition) is 0. The van der Waals surface area contributed by atoms with E-state index in [4.69, 9.17) is 0 Å². The van der Waals surface area contributed by atoms with Crippen LogP contribution in [0.5, 0.6) is 0 Å². The highest BCUT2D eigenvalue weighted by Crippen LogP contribution is 2.33. The summed E-state index contributed by atoms with van der Waals surface area (Å²) in [5.74, 6) is 0.907. The third-order valence-corrected chi connectivity index (χ3v) is 5.78. The van der Waals surface area contributed by atoms with Crippen LogP contribution in [0.2, 0.25) is 0 Å². The lowest BCUT2D eigenvalue weighted by atomic mass is 9.83. The average Bonchev–Trinajstić information content (AvgIpc) is 2.82. The van der Waals surface area contributed by atoms with Crippen molar-refractivity contribution < 1.29 is 9.18 Å². The zero-order chi connectivity index (χ0) is 15.8. The second-order valence-corrected chi connectivity index (χ2v) is 7.45. The van der Waals surface area contributed by atoms with Crippen LogP contribution in [0, 0.1) is 17.7 Å². The molecule has 1 saturated carbocycles. The van der Waals surface area contributed by atoms with E-state index in [-0.39, 0.29) is 5.91 Å².